The van der Waals surface area contributed by atoms with Gasteiger partial charge in [0.2, 0.25) is 0 Å². The van der Waals surface area contributed by atoms with Crippen molar-refractivity contribution in [1.82, 2.24) is 5.32 Å². The van der Waals surface area contributed by atoms with E-state index in [1.54, 1.807) is 0 Å². The molecule has 0 aliphatic carbocycles. The summed E-state index contributed by atoms with van der Waals surface area (Å²) in [4.78, 5) is 5.21. The second-order valence-electron chi connectivity index (χ2n) is 3.29. The van der Waals surface area contributed by atoms with Crippen molar-refractivity contribution in [2.45, 2.75) is 32.4 Å². The molecule has 1 fully saturated rings. The Morgan fingerprint density at radius 3 is 2.92 bits per heavy atom. The minimum Gasteiger partial charge on any atom is -0.395 e. The Kier molecular flexibility index (Phi) is 3.49. The van der Waals surface area contributed by atoms with Gasteiger partial charge in [-0.1, -0.05) is 5.16 Å². The highest BCUT2D eigenvalue weighted by Gasteiger charge is 2.24. The van der Waals surface area contributed by atoms with Gasteiger partial charge >= 0.3 is 0 Å². The summed E-state index contributed by atoms with van der Waals surface area (Å²) in [7, 11) is 0. The van der Waals surface area contributed by atoms with E-state index in [4.69, 9.17) is 9.94 Å². The summed E-state index contributed by atoms with van der Waals surface area (Å²) in [5.74, 6) is 0. The van der Waals surface area contributed by atoms with E-state index in [-0.39, 0.29) is 18.8 Å². The van der Waals surface area contributed by atoms with Crippen molar-refractivity contribution in [1.29, 1.82) is 0 Å². The molecule has 0 unspecified atom stereocenters. The average molecular weight is 172 g/mol. The number of oxime groups is 1. The minimum absolute atomic E-state index is 0.122. The summed E-state index contributed by atoms with van der Waals surface area (Å²) in [6.07, 6.45) is 0.963. The molecule has 12 heavy (non-hydrogen) atoms. The van der Waals surface area contributed by atoms with E-state index in [1.165, 1.54) is 0 Å². The summed E-state index contributed by atoms with van der Waals surface area (Å²) >= 11 is 0. The average Bonchev–Trinajstić information content (AvgIpc) is 2.48. The molecular weight excluding hydrogens is 156 g/mol. The van der Waals surface area contributed by atoms with Gasteiger partial charge in [-0.15, -0.1) is 0 Å². The first-order valence-corrected chi connectivity index (χ1v) is 4.23. The Morgan fingerprint density at radius 1 is 1.67 bits per heavy atom. The molecule has 1 aliphatic rings. The Labute approximate surface area is 72.6 Å². The van der Waals surface area contributed by atoms with E-state index < -0.39 is 0 Å². The maximum absolute atomic E-state index is 8.81. The normalized spacial score (nSPS) is 28.6. The van der Waals surface area contributed by atoms with Crippen molar-refractivity contribution < 1.29 is 9.94 Å². The van der Waals surface area contributed by atoms with Crippen LogP contribution >= 0.6 is 0 Å². The van der Waals surface area contributed by atoms with Gasteiger partial charge in [0.25, 0.3) is 0 Å². The fourth-order valence-electron chi connectivity index (χ4n) is 1.18. The van der Waals surface area contributed by atoms with Gasteiger partial charge in [-0.2, -0.15) is 0 Å². The third-order valence-electron chi connectivity index (χ3n) is 1.79. The SMILES string of the molecule is CC(C)=NO[C@H]1CN[C@H](CO)C1. The Morgan fingerprint density at radius 2 is 2.42 bits per heavy atom. The zero-order valence-electron chi connectivity index (χ0n) is 7.58. The Bertz CT molecular complexity index is 166. The predicted octanol–water partition coefficient (Wildman–Crippen LogP) is 0.122. The van der Waals surface area contributed by atoms with Crippen LogP contribution in [0.1, 0.15) is 20.3 Å². The first-order valence-electron chi connectivity index (χ1n) is 4.23. The molecule has 0 saturated carbocycles. The second kappa shape index (κ2) is 4.42. The molecule has 1 heterocycles. The largest absolute Gasteiger partial charge is 0.395 e. The quantitative estimate of drug-likeness (QED) is 0.469. The number of hydrogen-bond acceptors (Lipinski definition) is 4. The van der Waals surface area contributed by atoms with Gasteiger partial charge in [0.05, 0.1) is 12.3 Å². The standard InChI is InChI=1S/C8H16N2O2/c1-6(2)10-12-8-3-7(5-11)9-4-8/h7-9,11H,3-5H2,1-2H3/t7-,8+/m0/s1. The molecule has 0 aromatic heterocycles. The monoisotopic (exact) mass is 172 g/mol. The van der Waals surface area contributed by atoms with Crippen LogP contribution in [0.25, 0.3) is 0 Å². The van der Waals surface area contributed by atoms with Crippen LogP contribution in [0.2, 0.25) is 0 Å². The van der Waals surface area contributed by atoms with Gasteiger partial charge in [-0.25, -0.2) is 0 Å². The van der Waals surface area contributed by atoms with Crippen molar-refractivity contribution in [2.24, 2.45) is 5.16 Å². The predicted molar refractivity (Wildman–Crippen MR) is 47.1 cm³/mol. The highest BCUT2D eigenvalue weighted by Crippen LogP contribution is 2.09. The molecule has 1 rings (SSSR count). The molecule has 2 N–H and O–H groups in total. The second-order valence-corrected chi connectivity index (χ2v) is 3.29. The van der Waals surface area contributed by atoms with Crippen LogP contribution < -0.4 is 5.32 Å². The van der Waals surface area contributed by atoms with E-state index in [0.717, 1.165) is 18.7 Å². The Balaban J connectivity index is 2.23. The molecule has 0 bridgehead atoms. The van der Waals surface area contributed by atoms with Crippen LogP contribution in [0.3, 0.4) is 0 Å². The fraction of sp³-hybridized carbons (Fsp3) is 0.875. The summed E-state index contributed by atoms with van der Waals surface area (Å²) in [5.41, 5.74) is 0.919. The zero-order valence-corrected chi connectivity index (χ0v) is 7.58. The highest BCUT2D eigenvalue weighted by molar-refractivity contribution is 5.78. The maximum Gasteiger partial charge on any atom is 0.141 e. The van der Waals surface area contributed by atoms with Crippen LogP contribution in [0.4, 0.5) is 0 Å². The first kappa shape index (κ1) is 9.48. The molecule has 0 aromatic rings. The molecule has 4 nitrogen and oxygen atoms in total. The summed E-state index contributed by atoms with van der Waals surface area (Å²) < 4.78 is 0. The first-order chi connectivity index (χ1) is 5.72. The number of aliphatic hydroxyl groups excluding tert-OH is 1. The third-order valence-corrected chi connectivity index (χ3v) is 1.79. The van der Waals surface area contributed by atoms with Crippen molar-refractivity contribution in [2.75, 3.05) is 13.2 Å². The summed E-state index contributed by atoms with van der Waals surface area (Å²) in [6.45, 7) is 4.74. The topological polar surface area (TPSA) is 53.8 Å². The Hall–Kier alpha value is -0.610. The van der Waals surface area contributed by atoms with Gasteiger partial charge in [-0.05, 0) is 13.8 Å². The van der Waals surface area contributed by atoms with Crippen LogP contribution in [0.5, 0.6) is 0 Å². The van der Waals surface area contributed by atoms with Crippen LogP contribution in [0.15, 0.2) is 5.16 Å². The molecule has 70 valence electrons. The fourth-order valence-corrected chi connectivity index (χ4v) is 1.18. The number of rotatable bonds is 3. The van der Waals surface area contributed by atoms with Gasteiger partial charge in [0.15, 0.2) is 0 Å². The smallest absolute Gasteiger partial charge is 0.141 e. The molecular formula is C8H16N2O2. The lowest BCUT2D eigenvalue weighted by atomic mass is 10.2. The molecule has 4 heteroatoms. The lowest BCUT2D eigenvalue weighted by molar-refractivity contribution is 0.0698. The van der Waals surface area contributed by atoms with Crippen molar-refractivity contribution in [3.05, 3.63) is 0 Å². The molecule has 0 spiro atoms. The van der Waals surface area contributed by atoms with Crippen LogP contribution in [-0.2, 0) is 4.84 Å². The molecule has 1 saturated heterocycles. The van der Waals surface area contributed by atoms with Gasteiger partial charge in [-0.3, -0.25) is 0 Å². The lowest BCUT2D eigenvalue weighted by Crippen LogP contribution is -2.24. The van der Waals surface area contributed by atoms with E-state index in [2.05, 4.69) is 10.5 Å². The number of aliphatic hydroxyl groups is 1. The van der Waals surface area contributed by atoms with E-state index in [1.807, 2.05) is 13.8 Å². The molecule has 0 aromatic carbocycles. The van der Waals surface area contributed by atoms with Gasteiger partial charge < -0.3 is 15.3 Å². The molecule has 0 radical (unpaired) electrons. The van der Waals surface area contributed by atoms with E-state index in [0.29, 0.717) is 0 Å². The van der Waals surface area contributed by atoms with E-state index in [9.17, 15) is 0 Å². The lowest BCUT2D eigenvalue weighted by Gasteiger charge is -2.06. The van der Waals surface area contributed by atoms with Crippen molar-refractivity contribution in [3.8, 4) is 0 Å². The summed E-state index contributed by atoms with van der Waals surface area (Å²) in [6, 6.07) is 0.183. The molecule has 1 aliphatic heterocycles. The van der Waals surface area contributed by atoms with Gasteiger partial charge in [0, 0.05) is 19.0 Å². The number of nitrogens with one attached hydrogen (secondary N) is 1. The highest BCUT2D eigenvalue weighted by atomic mass is 16.6. The third kappa shape index (κ3) is 2.79. The van der Waals surface area contributed by atoms with Crippen molar-refractivity contribution >= 4 is 5.71 Å². The minimum atomic E-state index is 0.122. The molecule has 0 amide bonds. The zero-order chi connectivity index (χ0) is 8.97. The summed E-state index contributed by atoms with van der Waals surface area (Å²) in [5, 5.41) is 15.8. The van der Waals surface area contributed by atoms with Crippen LogP contribution in [0, 0.1) is 0 Å². The number of hydrogen-bond donors (Lipinski definition) is 2. The van der Waals surface area contributed by atoms with Crippen molar-refractivity contribution in [3.63, 3.8) is 0 Å². The number of nitrogens with zero attached hydrogens (tertiary/aromatic N) is 1. The maximum atomic E-state index is 8.81. The van der Waals surface area contributed by atoms with E-state index >= 15 is 0 Å². The molecule has 2 atom stereocenters. The van der Waals surface area contributed by atoms with Crippen LogP contribution in [-0.4, -0.2) is 36.1 Å². The van der Waals surface area contributed by atoms with Gasteiger partial charge in [0.1, 0.15) is 6.10 Å².